The fourth-order valence-electron chi connectivity index (χ4n) is 2.24. The summed E-state index contributed by atoms with van der Waals surface area (Å²) < 4.78 is 58.2. The average molecular weight is 331 g/mol. The molecular weight excluding hydrogens is 318 g/mol. The predicted molar refractivity (Wildman–Crippen MR) is 74.8 cm³/mol. The maximum atomic E-state index is 13.7. The Labute approximate surface area is 128 Å². The molecule has 0 radical (unpaired) electrons. The zero-order chi connectivity index (χ0) is 17.4. The Morgan fingerprint density at radius 3 is 2.43 bits per heavy atom. The Morgan fingerprint density at radius 1 is 1.26 bits per heavy atom. The number of hydrogen-bond donors (Lipinski definition) is 0. The molecule has 2 rings (SSSR count). The molecule has 0 saturated heterocycles. The van der Waals surface area contributed by atoms with Gasteiger partial charge in [0.1, 0.15) is 11.4 Å². The minimum absolute atomic E-state index is 0.0316. The van der Waals surface area contributed by atoms with Crippen LogP contribution in [0, 0.1) is 5.82 Å². The molecule has 8 heteroatoms. The van der Waals surface area contributed by atoms with Gasteiger partial charge in [0.2, 0.25) is 5.43 Å². The summed E-state index contributed by atoms with van der Waals surface area (Å²) in [5.74, 6) is -2.47. The SMILES string of the molecule is CCOC(=O)c1cn(CC)c2cc(C(F)(F)F)c(F)cc2c1=O. The minimum Gasteiger partial charge on any atom is -0.462 e. The first-order valence-corrected chi connectivity index (χ1v) is 6.81. The standard InChI is InChI=1S/C15H13F4NO3/c1-3-20-7-9(14(22)23-4-2)13(21)8-5-11(16)10(6-12(8)20)15(17,18)19/h5-7H,3-4H2,1-2H3. The van der Waals surface area contributed by atoms with Gasteiger partial charge in [-0.2, -0.15) is 13.2 Å². The van der Waals surface area contributed by atoms with Gasteiger partial charge in [-0.1, -0.05) is 0 Å². The lowest BCUT2D eigenvalue weighted by atomic mass is 10.1. The molecule has 0 unspecified atom stereocenters. The molecule has 0 aliphatic rings. The summed E-state index contributed by atoms with van der Waals surface area (Å²) in [6.45, 7) is 3.39. The van der Waals surface area contributed by atoms with E-state index in [0.29, 0.717) is 12.1 Å². The third-order valence-electron chi connectivity index (χ3n) is 3.31. The van der Waals surface area contributed by atoms with Crippen LogP contribution in [-0.4, -0.2) is 17.1 Å². The molecule has 0 aliphatic carbocycles. The van der Waals surface area contributed by atoms with E-state index in [1.807, 2.05) is 0 Å². The second-order valence-corrected chi connectivity index (χ2v) is 4.73. The lowest BCUT2D eigenvalue weighted by molar-refractivity contribution is -0.139. The highest BCUT2D eigenvalue weighted by molar-refractivity contribution is 5.94. The number of fused-ring (bicyclic) bond motifs is 1. The van der Waals surface area contributed by atoms with Crippen LogP contribution in [0.15, 0.2) is 23.1 Å². The van der Waals surface area contributed by atoms with E-state index in [0.717, 1.165) is 6.20 Å². The number of alkyl halides is 3. The molecule has 0 amide bonds. The average Bonchev–Trinajstić information content (AvgIpc) is 2.46. The maximum absolute atomic E-state index is 13.7. The molecule has 1 heterocycles. The van der Waals surface area contributed by atoms with E-state index in [1.165, 1.54) is 4.57 Å². The quantitative estimate of drug-likeness (QED) is 0.640. The molecule has 4 nitrogen and oxygen atoms in total. The van der Waals surface area contributed by atoms with Gasteiger partial charge < -0.3 is 9.30 Å². The van der Waals surface area contributed by atoms with Crippen LogP contribution in [0.25, 0.3) is 10.9 Å². The van der Waals surface area contributed by atoms with Crippen molar-refractivity contribution in [1.82, 2.24) is 4.57 Å². The minimum atomic E-state index is -4.88. The van der Waals surface area contributed by atoms with Crippen LogP contribution in [0.5, 0.6) is 0 Å². The number of nitrogens with zero attached hydrogens (tertiary/aromatic N) is 1. The number of ether oxygens (including phenoxy) is 1. The molecule has 1 aromatic carbocycles. The van der Waals surface area contributed by atoms with Gasteiger partial charge in [-0.05, 0) is 26.0 Å². The topological polar surface area (TPSA) is 48.3 Å². The molecule has 0 atom stereocenters. The van der Waals surface area contributed by atoms with Gasteiger partial charge in [-0.25, -0.2) is 9.18 Å². The van der Waals surface area contributed by atoms with Crippen LogP contribution < -0.4 is 5.43 Å². The summed E-state index contributed by atoms with van der Waals surface area (Å²) in [5.41, 5.74) is -2.77. The number of aryl methyl sites for hydroxylation is 1. The number of carbonyl (C=O) groups is 1. The van der Waals surface area contributed by atoms with Crippen molar-refractivity contribution in [1.29, 1.82) is 0 Å². The number of hydrogen-bond acceptors (Lipinski definition) is 3. The lowest BCUT2D eigenvalue weighted by Crippen LogP contribution is -2.21. The molecule has 0 bridgehead atoms. The fourth-order valence-corrected chi connectivity index (χ4v) is 2.24. The Morgan fingerprint density at radius 2 is 1.91 bits per heavy atom. The van der Waals surface area contributed by atoms with Gasteiger partial charge in [-0.15, -0.1) is 0 Å². The highest BCUT2D eigenvalue weighted by Crippen LogP contribution is 2.33. The van der Waals surface area contributed by atoms with E-state index >= 15 is 0 Å². The molecule has 23 heavy (non-hydrogen) atoms. The molecule has 0 saturated carbocycles. The Hall–Kier alpha value is -2.38. The summed E-state index contributed by atoms with van der Waals surface area (Å²) in [7, 11) is 0. The van der Waals surface area contributed by atoms with Crippen molar-refractivity contribution in [2.75, 3.05) is 6.61 Å². The number of esters is 1. The van der Waals surface area contributed by atoms with Gasteiger partial charge >= 0.3 is 12.1 Å². The normalized spacial score (nSPS) is 11.7. The van der Waals surface area contributed by atoms with Crippen molar-refractivity contribution in [3.05, 3.63) is 45.5 Å². The summed E-state index contributed by atoms with van der Waals surface area (Å²) in [6, 6.07) is 1.08. The van der Waals surface area contributed by atoms with Crippen molar-refractivity contribution in [2.24, 2.45) is 0 Å². The first-order valence-electron chi connectivity index (χ1n) is 6.81. The monoisotopic (exact) mass is 331 g/mol. The van der Waals surface area contributed by atoms with E-state index in [1.54, 1.807) is 13.8 Å². The van der Waals surface area contributed by atoms with Crippen molar-refractivity contribution < 1.29 is 27.1 Å². The maximum Gasteiger partial charge on any atom is 0.419 e. The van der Waals surface area contributed by atoms with Crippen molar-refractivity contribution in [3.8, 4) is 0 Å². The van der Waals surface area contributed by atoms with E-state index in [2.05, 4.69) is 0 Å². The van der Waals surface area contributed by atoms with E-state index in [4.69, 9.17) is 4.74 Å². The van der Waals surface area contributed by atoms with Crippen LogP contribution in [0.1, 0.15) is 29.8 Å². The zero-order valence-corrected chi connectivity index (χ0v) is 12.3. The number of halogens is 4. The first kappa shape index (κ1) is 17.0. The summed E-state index contributed by atoms with van der Waals surface area (Å²) in [4.78, 5) is 24.0. The second-order valence-electron chi connectivity index (χ2n) is 4.73. The van der Waals surface area contributed by atoms with Gasteiger partial charge in [0.05, 0.1) is 17.7 Å². The first-order chi connectivity index (χ1) is 10.7. The molecule has 124 valence electrons. The van der Waals surface area contributed by atoms with Crippen LogP contribution in [0.3, 0.4) is 0 Å². The van der Waals surface area contributed by atoms with E-state index < -0.39 is 29.0 Å². The molecule has 0 aliphatic heterocycles. The third kappa shape index (κ3) is 3.06. The molecule has 2 aromatic rings. The third-order valence-corrected chi connectivity index (χ3v) is 3.31. The predicted octanol–water partition coefficient (Wildman–Crippen LogP) is 3.36. The van der Waals surface area contributed by atoms with Crippen LogP contribution in [0.4, 0.5) is 17.6 Å². The highest BCUT2D eigenvalue weighted by Gasteiger charge is 2.35. The molecular formula is C15H13F4NO3. The van der Waals surface area contributed by atoms with Gasteiger partial charge in [0, 0.05) is 18.1 Å². The van der Waals surface area contributed by atoms with Crippen LogP contribution in [-0.2, 0) is 17.5 Å². The van der Waals surface area contributed by atoms with E-state index in [-0.39, 0.29) is 29.6 Å². The lowest BCUT2D eigenvalue weighted by Gasteiger charge is -2.14. The highest BCUT2D eigenvalue weighted by atomic mass is 19.4. The Kier molecular flexibility index (Phi) is 4.44. The second kappa shape index (κ2) is 6.02. The number of carbonyl (C=O) groups excluding carboxylic acids is 1. The molecule has 0 spiro atoms. The van der Waals surface area contributed by atoms with Crippen molar-refractivity contribution in [3.63, 3.8) is 0 Å². The zero-order valence-electron chi connectivity index (χ0n) is 12.3. The Balaban J connectivity index is 2.84. The van der Waals surface area contributed by atoms with Crippen molar-refractivity contribution >= 4 is 16.9 Å². The molecule has 1 aromatic heterocycles. The van der Waals surface area contributed by atoms with Gasteiger partial charge in [0.25, 0.3) is 0 Å². The summed E-state index contributed by atoms with van der Waals surface area (Å²) in [5, 5.41) is -0.303. The Bertz CT molecular complexity index is 824. The van der Waals surface area contributed by atoms with Gasteiger partial charge in [-0.3, -0.25) is 4.79 Å². The smallest absolute Gasteiger partial charge is 0.419 e. The summed E-state index contributed by atoms with van der Waals surface area (Å²) >= 11 is 0. The number of aromatic nitrogens is 1. The van der Waals surface area contributed by atoms with Crippen LogP contribution >= 0.6 is 0 Å². The van der Waals surface area contributed by atoms with Crippen LogP contribution in [0.2, 0.25) is 0 Å². The number of benzene rings is 1. The largest absolute Gasteiger partial charge is 0.462 e. The van der Waals surface area contributed by atoms with Gasteiger partial charge in [0.15, 0.2) is 0 Å². The summed E-state index contributed by atoms with van der Waals surface area (Å²) in [6.07, 6.45) is -3.76. The number of pyridine rings is 1. The van der Waals surface area contributed by atoms with Crippen molar-refractivity contribution in [2.45, 2.75) is 26.6 Å². The number of rotatable bonds is 3. The van der Waals surface area contributed by atoms with E-state index in [9.17, 15) is 27.2 Å². The molecule has 0 fully saturated rings. The molecule has 0 N–H and O–H groups in total. The fraction of sp³-hybridized carbons (Fsp3) is 0.333.